The van der Waals surface area contributed by atoms with Gasteiger partial charge in [-0.1, -0.05) is 91.4 Å². The molecule has 0 N–H and O–H groups in total. The molecule has 0 aromatic carbocycles. The maximum Gasteiger partial charge on any atom is 0.0788 e. The van der Waals surface area contributed by atoms with Crippen LogP contribution in [0.2, 0.25) is 0 Å². The van der Waals surface area contributed by atoms with Gasteiger partial charge in [-0.3, -0.25) is 0 Å². The minimum Gasteiger partial charge on any atom is -0.324 e. The van der Waals surface area contributed by atoms with Crippen molar-refractivity contribution in [1.29, 1.82) is 0 Å². The van der Waals surface area contributed by atoms with Crippen molar-refractivity contribution in [1.82, 2.24) is 0 Å². The van der Waals surface area contributed by atoms with Crippen LogP contribution in [0.15, 0.2) is 0 Å². The second-order valence-corrected chi connectivity index (χ2v) is 9.72. The predicted molar refractivity (Wildman–Crippen MR) is 119 cm³/mol. The van der Waals surface area contributed by atoms with E-state index in [1.807, 2.05) is 0 Å². The van der Waals surface area contributed by atoms with Crippen LogP contribution in [0, 0.1) is 5.92 Å². The summed E-state index contributed by atoms with van der Waals surface area (Å²) in [4.78, 5) is 0. The van der Waals surface area contributed by atoms with Gasteiger partial charge in [0.05, 0.1) is 26.2 Å². The normalized spacial score (nSPS) is 16.6. The van der Waals surface area contributed by atoms with Gasteiger partial charge in [0.15, 0.2) is 0 Å². The first-order valence-corrected chi connectivity index (χ1v) is 12.5. The maximum absolute atomic E-state index is 2.35. The summed E-state index contributed by atoms with van der Waals surface area (Å²) >= 11 is 0. The Hall–Kier alpha value is -0.0400. The zero-order valence-corrected chi connectivity index (χ0v) is 18.9. The Morgan fingerprint density at radius 3 is 1.46 bits per heavy atom. The number of hydrogen-bond acceptors (Lipinski definition) is 0. The zero-order valence-electron chi connectivity index (χ0n) is 18.9. The van der Waals surface area contributed by atoms with Crippen molar-refractivity contribution in [3.63, 3.8) is 0 Å². The first-order chi connectivity index (χ1) is 12.7. The van der Waals surface area contributed by atoms with Gasteiger partial charge in [-0.15, -0.1) is 0 Å². The average molecular weight is 367 g/mol. The van der Waals surface area contributed by atoms with E-state index in [0.29, 0.717) is 0 Å². The molecule has 1 nitrogen and oxygen atoms in total. The highest BCUT2D eigenvalue weighted by molar-refractivity contribution is 4.57. The van der Waals surface area contributed by atoms with E-state index >= 15 is 0 Å². The highest BCUT2D eigenvalue weighted by Gasteiger charge is 2.30. The third-order valence-electron chi connectivity index (χ3n) is 6.66. The van der Waals surface area contributed by atoms with Crippen LogP contribution in [0.3, 0.4) is 0 Å². The van der Waals surface area contributed by atoms with E-state index in [1.165, 1.54) is 140 Å². The van der Waals surface area contributed by atoms with E-state index in [9.17, 15) is 0 Å². The number of likely N-dealkylation sites (tertiary alicyclic amines) is 1. The summed E-state index contributed by atoms with van der Waals surface area (Å²) < 4.78 is 1.49. The molecule has 1 saturated heterocycles. The topological polar surface area (TPSA) is 0 Å². The van der Waals surface area contributed by atoms with Crippen molar-refractivity contribution in [3.8, 4) is 0 Å². The molecule has 1 rings (SSSR count). The van der Waals surface area contributed by atoms with Gasteiger partial charge in [0.2, 0.25) is 0 Å². The zero-order chi connectivity index (χ0) is 18.9. The molecular formula is C25H52N+. The number of unbranched alkanes of at least 4 members (excludes halogenated alkanes) is 12. The minimum atomic E-state index is 0.897. The van der Waals surface area contributed by atoms with Crippen LogP contribution in [-0.4, -0.2) is 30.7 Å². The molecule has 0 radical (unpaired) electrons. The van der Waals surface area contributed by atoms with E-state index in [0.717, 1.165) is 5.92 Å². The van der Waals surface area contributed by atoms with Crippen molar-refractivity contribution < 1.29 is 4.48 Å². The molecule has 0 bridgehead atoms. The van der Waals surface area contributed by atoms with Crippen molar-refractivity contribution in [2.24, 2.45) is 5.92 Å². The fraction of sp³-hybridized carbons (Fsp3) is 1.00. The summed E-state index contributed by atoms with van der Waals surface area (Å²) in [6, 6.07) is 0. The average Bonchev–Trinajstić information content (AvgIpc) is 3.08. The summed E-state index contributed by atoms with van der Waals surface area (Å²) in [5.41, 5.74) is 0. The Labute approximate surface area is 166 Å². The van der Waals surface area contributed by atoms with Crippen molar-refractivity contribution in [2.75, 3.05) is 26.2 Å². The van der Waals surface area contributed by atoms with Gasteiger partial charge in [0, 0.05) is 12.8 Å². The molecule has 0 aliphatic carbocycles. The molecule has 1 heterocycles. The van der Waals surface area contributed by atoms with Gasteiger partial charge < -0.3 is 4.48 Å². The Kier molecular flexibility index (Phi) is 14.7. The Balaban J connectivity index is 1.92. The van der Waals surface area contributed by atoms with Crippen molar-refractivity contribution in [3.05, 3.63) is 0 Å². The number of nitrogens with zero attached hydrogens (tertiary/aromatic N) is 1. The lowest BCUT2D eigenvalue weighted by atomic mass is 10.0. The lowest BCUT2D eigenvalue weighted by Gasteiger charge is -2.34. The number of rotatable bonds is 18. The second kappa shape index (κ2) is 16.0. The van der Waals surface area contributed by atoms with E-state index in [-0.39, 0.29) is 0 Å². The summed E-state index contributed by atoms with van der Waals surface area (Å²) in [5, 5.41) is 0. The Morgan fingerprint density at radius 1 is 0.577 bits per heavy atom. The van der Waals surface area contributed by atoms with Gasteiger partial charge in [-0.2, -0.15) is 0 Å². The molecule has 0 atom stereocenters. The van der Waals surface area contributed by atoms with Gasteiger partial charge in [-0.25, -0.2) is 0 Å². The molecule has 1 aliphatic rings. The quantitative estimate of drug-likeness (QED) is 0.170. The second-order valence-electron chi connectivity index (χ2n) is 9.72. The third-order valence-corrected chi connectivity index (χ3v) is 6.66. The number of quaternary nitrogens is 1. The third kappa shape index (κ3) is 12.4. The lowest BCUT2D eigenvalue weighted by molar-refractivity contribution is -0.917. The summed E-state index contributed by atoms with van der Waals surface area (Å²) in [7, 11) is 0. The van der Waals surface area contributed by atoms with Gasteiger partial charge in [-0.05, 0) is 31.6 Å². The SMILES string of the molecule is CCCCCC[N+]1(CCCCCCCCCCCCC(C)C)CCCC1. The fourth-order valence-electron chi connectivity index (χ4n) is 4.85. The minimum absolute atomic E-state index is 0.897. The highest BCUT2D eigenvalue weighted by Crippen LogP contribution is 2.23. The molecule has 1 aliphatic heterocycles. The molecule has 156 valence electrons. The molecule has 0 amide bonds. The van der Waals surface area contributed by atoms with Crippen molar-refractivity contribution >= 4 is 0 Å². The number of hydrogen-bond donors (Lipinski definition) is 0. The Bertz CT molecular complexity index is 291. The molecule has 0 spiro atoms. The van der Waals surface area contributed by atoms with Crippen LogP contribution in [-0.2, 0) is 0 Å². The molecule has 0 aromatic heterocycles. The molecule has 1 heteroatoms. The smallest absolute Gasteiger partial charge is 0.0788 e. The van der Waals surface area contributed by atoms with E-state index in [1.54, 1.807) is 0 Å². The summed E-state index contributed by atoms with van der Waals surface area (Å²) in [6.45, 7) is 13.0. The van der Waals surface area contributed by atoms with Gasteiger partial charge in [0.25, 0.3) is 0 Å². The fourth-order valence-corrected chi connectivity index (χ4v) is 4.85. The van der Waals surface area contributed by atoms with Crippen LogP contribution in [0.4, 0.5) is 0 Å². The van der Waals surface area contributed by atoms with E-state index in [2.05, 4.69) is 20.8 Å². The maximum atomic E-state index is 2.35. The molecule has 0 saturated carbocycles. The predicted octanol–water partition coefficient (Wildman–Crippen LogP) is 8.12. The van der Waals surface area contributed by atoms with Crippen LogP contribution >= 0.6 is 0 Å². The molecular weight excluding hydrogens is 314 g/mol. The van der Waals surface area contributed by atoms with Crippen LogP contribution in [0.1, 0.15) is 130 Å². The van der Waals surface area contributed by atoms with Crippen LogP contribution in [0.25, 0.3) is 0 Å². The molecule has 0 aromatic rings. The summed E-state index contributed by atoms with van der Waals surface area (Å²) in [5.74, 6) is 0.897. The van der Waals surface area contributed by atoms with E-state index < -0.39 is 0 Å². The largest absolute Gasteiger partial charge is 0.324 e. The van der Waals surface area contributed by atoms with E-state index in [4.69, 9.17) is 0 Å². The lowest BCUT2D eigenvalue weighted by Crippen LogP contribution is -2.46. The molecule has 0 unspecified atom stereocenters. The van der Waals surface area contributed by atoms with Gasteiger partial charge >= 0.3 is 0 Å². The molecule has 1 fully saturated rings. The Morgan fingerprint density at radius 2 is 1.00 bits per heavy atom. The first-order valence-electron chi connectivity index (χ1n) is 12.5. The van der Waals surface area contributed by atoms with Gasteiger partial charge in [0.1, 0.15) is 0 Å². The van der Waals surface area contributed by atoms with Crippen molar-refractivity contribution in [2.45, 2.75) is 130 Å². The molecule has 26 heavy (non-hydrogen) atoms. The van der Waals surface area contributed by atoms with Crippen LogP contribution in [0.5, 0.6) is 0 Å². The summed E-state index contributed by atoms with van der Waals surface area (Å²) in [6.07, 6.45) is 25.0. The highest BCUT2D eigenvalue weighted by atomic mass is 15.4. The standard InChI is InChI=1S/C25H52N/c1-4-5-6-16-21-26(23-18-19-24-26)22-17-14-12-10-8-7-9-11-13-15-20-25(2)3/h25H,4-24H2,1-3H3/q+1. The monoisotopic (exact) mass is 366 g/mol. The van der Waals surface area contributed by atoms with Crippen LogP contribution < -0.4 is 0 Å². The first kappa shape index (κ1) is 24.0.